The number of aromatic nitrogens is 3. The van der Waals surface area contributed by atoms with Crippen LogP contribution in [-0.4, -0.2) is 27.9 Å². The molecule has 2 fully saturated rings. The van der Waals surface area contributed by atoms with E-state index in [1.807, 2.05) is 0 Å². The molecule has 0 aromatic carbocycles. The average molecular weight is 266 g/mol. The number of hydrogen-bond acceptors (Lipinski definition) is 3. The summed E-state index contributed by atoms with van der Waals surface area (Å²) < 4.78 is 3.02. The number of rotatable bonds is 2. The molecular weight excluding hydrogens is 244 g/mol. The Balaban J connectivity index is 1.84. The predicted octanol–water partition coefficient (Wildman–Crippen LogP) is 3.29. The van der Waals surface area contributed by atoms with Crippen LogP contribution in [0.4, 0.5) is 5.95 Å². The van der Waals surface area contributed by atoms with E-state index in [1.54, 1.807) is 0 Å². The first kappa shape index (κ1) is 12.2. The summed E-state index contributed by atoms with van der Waals surface area (Å²) in [5.74, 6) is 1.07. The second kappa shape index (κ2) is 4.37. The van der Waals surface area contributed by atoms with Crippen molar-refractivity contribution in [3.05, 3.63) is 4.77 Å². The van der Waals surface area contributed by atoms with E-state index >= 15 is 0 Å². The van der Waals surface area contributed by atoms with Gasteiger partial charge in [0.05, 0.1) is 0 Å². The molecule has 3 rings (SSSR count). The van der Waals surface area contributed by atoms with Gasteiger partial charge < -0.3 is 4.90 Å². The van der Waals surface area contributed by atoms with Crippen molar-refractivity contribution in [2.45, 2.75) is 52.0 Å². The third-order valence-corrected chi connectivity index (χ3v) is 4.51. The normalized spacial score (nSPS) is 24.0. The molecule has 1 N–H and O–H groups in total. The van der Waals surface area contributed by atoms with E-state index in [1.165, 1.54) is 32.1 Å². The van der Waals surface area contributed by atoms with Gasteiger partial charge in [0.2, 0.25) is 5.95 Å². The first-order valence-corrected chi connectivity index (χ1v) is 7.39. The van der Waals surface area contributed by atoms with Gasteiger partial charge >= 0.3 is 0 Å². The molecule has 1 aromatic rings. The molecule has 1 saturated carbocycles. The van der Waals surface area contributed by atoms with Crippen molar-refractivity contribution in [2.24, 2.45) is 5.41 Å². The van der Waals surface area contributed by atoms with Crippen LogP contribution in [0.5, 0.6) is 0 Å². The zero-order valence-corrected chi connectivity index (χ0v) is 12.1. The van der Waals surface area contributed by atoms with Crippen LogP contribution in [0.1, 0.15) is 52.0 Å². The van der Waals surface area contributed by atoms with Gasteiger partial charge in [0, 0.05) is 19.1 Å². The highest BCUT2D eigenvalue weighted by molar-refractivity contribution is 7.71. The lowest BCUT2D eigenvalue weighted by Crippen LogP contribution is -2.28. The van der Waals surface area contributed by atoms with Crippen LogP contribution >= 0.6 is 12.2 Å². The van der Waals surface area contributed by atoms with E-state index in [-0.39, 0.29) is 0 Å². The molecule has 100 valence electrons. The van der Waals surface area contributed by atoms with Gasteiger partial charge in [-0.2, -0.15) is 0 Å². The van der Waals surface area contributed by atoms with Crippen LogP contribution in [0, 0.1) is 10.2 Å². The summed E-state index contributed by atoms with van der Waals surface area (Å²) in [6.45, 7) is 6.94. The summed E-state index contributed by atoms with van der Waals surface area (Å²) in [5, 5.41) is 7.43. The van der Waals surface area contributed by atoms with E-state index in [2.05, 4.69) is 33.5 Å². The molecule has 18 heavy (non-hydrogen) atoms. The van der Waals surface area contributed by atoms with Crippen LogP contribution in [0.25, 0.3) is 0 Å². The van der Waals surface area contributed by atoms with Crippen LogP contribution in [0.15, 0.2) is 0 Å². The SMILES string of the molecule is CC1(C)CCCN(c2n[nH]c(=S)n2C2CC2)CC1. The Morgan fingerprint density at radius 1 is 1.28 bits per heavy atom. The molecule has 1 aromatic heterocycles. The van der Waals surface area contributed by atoms with Crippen molar-refractivity contribution in [1.29, 1.82) is 0 Å². The largest absolute Gasteiger partial charge is 0.341 e. The van der Waals surface area contributed by atoms with Crippen molar-refractivity contribution < 1.29 is 0 Å². The molecule has 2 heterocycles. The van der Waals surface area contributed by atoms with Crippen LogP contribution in [0.2, 0.25) is 0 Å². The van der Waals surface area contributed by atoms with Gasteiger partial charge in [0.1, 0.15) is 0 Å². The maximum atomic E-state index is 5.36. The van der Waals surface area contributed by atoms with Crippen LogP contribution < -0.4 is 4.90 Å². The molecule has 0 spiro atoms. The molecule has 4 nitrogen and oxygen atoms in total. The van der Waals surface area contributed by atoms with E-state index in [0.29, 0.717) is 11.5 Å². The second-order valence-electron chi connectivity index (χ2n) is 6.43. The molecule has 2 aliphatic rings. The van der Waals surface area contributed by atoms with Crippen molar-refractivity contribution in [3.63, 3.8) is 0 Å². The number of aromatic amines is 1. The second-order valence-corrected chi connectivity index (χ2v) is 6.82. The predicted molar refractivity (Wildman–Crippen MR) is 75.5 cm³/mol. The Kier molecular flexibility index (Phi) is 2.96. The maximum Gasteiger partial charge on any atom is 0.225 e. The first-order valence-electron chi connectivity index (χ1n) is 6.99. The summed E-state index contributed by atoms with van der Waals surface area (Å²) in [7, 11) is 0. The molecule has 0 unspecified atom stereocenters. The summed E-state index contributed by atoms with van der Waals surface area (Å²) in [4.78, 5) is 2.42. The number of anilines is 1. The lowest BCUT2D eigenvalue weighted by molar-refractivity contribution is 0.325. The molecule has 1 aliphatic carbocycles. The van der Waals surface area contributed by atoms with Crippen molar-refractivity contribution in [3.8, 4) is 0 Å². The Bertz CT molecular complexity index is 483. The topological polar surface area (TPSA) is 36.9 Å². The highest BCUT2D eigenvalue weighted by Gasteiger charge is 2.31. The van der Waals surface area contributed by atoms with Crippen molar-refractivity contribution >= 4 is 18.2 Å². The van der Waals surface area contributed by atoms with Crippen LogP contribution in [-0.2, 0) is 0 Å². The van der Waals surface area contributed by atoms with E-state index in [4.69, 9.17) is 12.2 Å². The number of H-pyrrole nitrogens is 1. The van der Waals surface area contributed by atoms with Gasteiger partial charge in [-0.15, -0.1) is 5.10 Å². The average Bonchev–Trinajstić information content (AvgIpc) is 3.08. The molecule has 5 heteroatoms. The standard InChI is InChI=1S/C13H22N4S/c1-13(2)6-3-8-16(9-7-13)11-14-15-12(18)17(11)10-4-5-10/h10H,3-9H2,1-2H3,(H,15,18). The lowest BCUT2D eigenvalue weighted by Gasteiger charge is -2.24. The number of hydrogen-bond donors (Lipinski definition) is 1. The Hall–Kier alpha value is -0.840. The molecule has 0 atom stereocenters. The van der Waals surface area contributed by atoms with Crippen molar-refractivity contribution in [1.82, 2.24) is 14.8 Å². The zero-order chi connectivity index (χ0) is 12.8. The van der Waals surface area contributed by atoms with Crippen molar-refractivity contribution in [2.75, 3.05) is 18.0 Å². The minimum absolute atomic E-state index is 0.465. The number of nitrogens with zero attached hydrogens (tertiary/aromatic N) is 3. The maximum absolute atomic E-state index is 5.36. The molecule has 1 aliphatic heterocycles. The summed E-state index contributed by atoms with van der Waals surface area (Å²) in [5.41, 5.74) is 0.465. The molecule has 0 bridgehead atoms. The highest BCUT2D eigenvalue weighted by Crippen LogP contribution is 2.39. The fourth-order valence-electron chi connectivity index (χ4n) is 2.80. The van der Waals surface area contributed by atoms with Gasteiger partial charge in [0.25, 0.3) is 0 Å². The third-order valence-electron chi connectivity index (χ3n) is 4.22. The summed E-state index contributed by atoms with van der Waals surface area (Å²) in [6, 6.07) is 0.600. The van der Waals surface area contributed by atoms with Gasteiger partial charge in [-0.05, 0) is 49.7 Å². The summed E-state index contributed by atoms with van der Waals surface area (Å²) >= 11 is 5.36. The smallest absolute Gasteiger partial charge is 0.225 e. The lowest BCUT2D eigenvalue weighted by atomic mass is 9.85. The minimum atomic E-state index is 0.465. The Morgan fingerprint density at radius 3 is 2.78 bits per heavy atom. The van der Waals surface area contributed by atoms with E-state index in [9.17, 15) is 0 Å². The zero-order valence-electron chi connectivity index (χ0n) is 11.3. The van der Waals surface area contributed by atoms with Gasteiger partial charge in [-0.25, -0.2) is 5.10 Å². The van der Waals surface area contributed by atoms with Gasteiger partial charge in [0.15, 0.2) is 4.77 Å². The molecule has 1 saturated heterocycles. The Labute approximate surface area is 113 Å². The van der Waals surface area contributed by atoms with Gasteiger partial charge in [-0.1, -0.05) is 13.8 Å². The monoisotopic (exact) mass is 266 g/mol. The fourth-order valence-corrected chi connectivity index (χ4v) is 3.08. The quantitative estimate of drug-likeness (QED) is 0.835. The fraction of sp³-hybridized carbons (Fsp3) is 0.846. The van der Waals surface area contributed by atoms with E-state index in [0.717, 1.165) is 23.8 Å². The van der Waals surface area contributed by atoms with Crippen LogP contribution in [0.3, 0.4) is 0 Å². The Morgan fingerprint density at radius 2 is 2.06 bits per heavy atom. The first-order chi connectivity index (χ1) is 8.57. The van der Waals surface area contributed by atoms with Gasteiger partial charge in [-0.3, -0.25) is 4.57 Å². The number of nitrogens with one attached hydrogen (secondary N) is 1. The minimum Gasteiger partial charge on any atom is -0.341 e. The summed E-state index contributed by atoms with van der Waals surface area (Å²) in [6.07, 6.45) is 6.28. The van der Waals surface area contributed by atoms with E-state index < -0.39 is 0 Å². The molecular formula is C13H22N4S. The molecule has 0 radical (unpaired) electrons. The third kappa shape index (κ3) is 2.32. The highest BCUT2D eigenvalue weighted by atomic mass is 32.1. The molecule has 0 amide bonds.